The predicted octanol–water partition coefficient (Wildman–Crippen LogP) is 4.38. The van der Waals surface area contributed by atoms with Gasteiger partial charge in [-0.05, 0) is 35.9 Å². The number of carbonyl (C=O) groups is 1. The molecule has 0 saturated heterocycles. The number of nitrogens with one attached hydrogen (secondary N) is 1. The van der Waals surface area contributed by atoms with Crippen LogP contribution in [0, 0.1) is 5.82 Å². The molecule has 0 radical (unpaired) electrons. The van der Waals surface area contributed by atoms with Crippen molar-refractivity contribution < 1.29 is 27.1 Å². The molecule has 0 unspecified atom stereocenters. The van der Waals surface area contributed by atoms with Crippen LogP contribution in [0.1, 0.15) is 5.56 Å². The summed E-state index contributed by atoms with van der Waals surface area (Å²) in [4.78, 5) is 11.7. The van der Waals surface area contributed by atoms with Gasteiger partial charge in [0.15, 0.2) is 0 Å². The Morgan fingerprint density at radius 1 is 1.04 bits per heavy atom. The zero-order valence-corrected chi connectivity index (χ0v) is 11.6. The van der Waals surface area contributed by atoms with Crippen LogP contribution in [-0.4, -0.2) is 12.3 Å². The van der Waals surface area contributed by atoms with Gasteiger partial charge in [0.2, 0.25) is 5.91 Å². The van der Waals surface area contributed by atoms with E-state index in [1.54, 1.807) is 6.07 Å². The first-order chi connectivity index (χ1) is 10.8. The number of ether oxygens (including phenoxy) is 1. The van der Waals surface area contributed by atoms with Crippen molar-refractivity contribution in [3.05, 3.63) is 66.0 Å². The van der Waals surface area contributed by atoms with Gasteiger partial charge in [-0.1, -0.05) is 24.3 Å². The SMILES string of the molecule is O=C(/C=C/c1ccc(OC(F)(F)F)cc1)Nc1ccccc1F. The molecule has 0 saturated carbocycles. The second-order valence-electron chi connectivity index (χ2n) is 4.42. The van der Waals surface area contributed by atoms with Crippen molar-refractivity contribution in [2.75, 3.05) is 5.32 Å². The van der Waals surface area contributed by atoms with E-state index < -0.39 is 18.1 Å². The van der Waals surface area contributed by atoms with Gasteiger partial charge in [-0.25, -0.2) is 4.39 Å². The van der Waals surface area contributed by atoms with E-state index >= 15 is 0 Å². The third-order valence-electron chi connectivity index (χ3n) is 2.67. The number of benzene rings is 2. The van der Waals surface area contributed by atoms with Crippen molar-refractivity contribution in [1.29, 1.82) is 0 Å². The summed E-state index contributed by atoms with van der Waals surface area (Å²) in [6.07, 6.45) is -2.23. The van der Waals surface area contributed by atoms with E-state index in [4.69, 9.17) is 0 Å². The van der Waals surface area contributed by atoms with E-state index in [1.165, 1.54) is 36.4 Å². The molecular formula is C16H11F4NO2. The van der Waals surface area contributed by atoms with Crippen LogP contribution in [-0.2, 0) is 4.79 Å². The number of alkyl halides is 3. The highest BCUT2D eigenvalue weighted by atomic mass is 19.4. The lowest BCUT2D eigenvalue weighted by Crippen LogP contribution is -2.16. The number of para-hydroxylation sites is 1. The van der Waals surface area contributed by atoms with Crippen molar-refractivity contribution in [2.24, 2.45) is 0 Å². The minimum absolute atomic E-state index is 0.0380. The molecule has 1 amide bonds. The Bertz CT molecular complexity index is 709. The molecule has 0 fully saturated rings. The summed E-state index contributed by atoms with van der Waals surface area (Å²) in [5, 5.41) is 2.35. The van der Waals surface area contributed by atoms with Crippen LogP contribution < -0.4 is 10.1 Å². The van der Waals surface area contributed by atoms with Crippen molar-refractivity contribution in [3.63, 3.8) is 0 Å². The Hall–Kier alpha value is -2.83. The quantitative estimate of drug-likeness (QED) is 0.669. The van der Waals surface area contributed by atoms with E-state index in [2.05, 4.69) is 10.1 Å². The van der Waals surface area contributed by atoms with Gasteiger partial charge in [0.25, 0.3) is 0 Å². The standard InChI is InChI=1S/C16H11F4NO2/c17-13-3-1-2-4-14(13)21-15(22)10-7-11-5-8-12(9-6-11)23-16(18,19)20/h1-10H,(H,21,22)/b10-7+. The second kappa shape index (κ2) is 6.95. The molecule has 1 N–H and O–H groups in total. The van der Waals surface area contributed by atoms with Crippen LogP contribution in [0.15, 0.2) is 54.6 Å². The van der Waals surface area contributed by atoms with Crippen LogP contribution in [0.2, 0.25) is 0 Å². The Kier molecular flexibility index (Phi) is 5.00. The molecular weight excluding hydrogens is 314 g/mol. The van der Waals surface area contributed by atoms with Gasteiger partial charge in [-0.3, -0.25) is 4.79 Å². The Morgan fingerprint density at radius 2 is 1.70 bits per heavy atom. The smallest absolute Gasteiger partial charge is 0.406 e. The van der Waals surface area contributed by atoms with Crippen LogP contribution >= 0.6 is 0 Å². The third kappa shape index (κ3) is 5.46. The molecule has 0 spiro atoms. The summed E-state index contributed by atoms with van der Waals surface area (Å²) >= 11 is 0. The number of hydrogen-bond acceptors (Lipinski definition) is 2. The number of rotatable bonds is 4. The van der Waals surface area contributed by atoms with E-state index in [9.17, 15) is 22.4 Å². The molecule has 0 aliphatic carbocycles. The van der Waals surface area contributed by atoms with Gasteiger partial charge in [0.05, 0.1) is 5.69 Å². The summed E-state index contributed by atoms with van der Waals surface area (Å²) in [6.45, 7) is 0. The fourth-order valence-electron chi connectivity index (χ4n) is 1.69. The molecule has 3 nitrogen and oxygen atoms in total. The second-order valence-corrected chi connectivity index (χ2v) is 4.42. The molecule has 120 valence electrons. The van der Waals surface area contributed by atoms with E-state index in [1.807, 2.05) is 0 Å². The van der Waals surface area contributed by atoms with Gasteiger partial charge in [-0.2, -0.15) is 0 Å². The fourth-order valence-corrected chi connectivity index (χ4v) is 1.69. The number of halogens is 4. The maximum atomic E-state index is 13.3. The fraction of sp³-hybridized carbons (Fsp3) is 0.0625. The Balaban J connectivity index is 1.97. The Labute approximate surface area is 129 Å². The summed E-state index contributed by atoms with van der Waals surface area (Å²) in [6, 6.07) is 10.6. The van der Waals surface area contributed by atoms with Gasteiger partial charge < -0.3 is 10.1 Å². The first-order valence-corrected chi connectivity index (χ1v) is 6.43. The van der Waals surface area contributed by atoms with Gasteiger partial charge in [0.1, 0.15) is 11.6 Å². The molecule has 0 atom stereocenters. The average Bonchev–Trinajstić information content (AvgIpc) is 2.47. The van der Waals surface area contributed by atoms with E-state index in [0.717, 1.165) is 18.2 Å². The average molecular weight is 325 g/mol. The highest BCUT2D eigenvalue weighted by Gasteiger charge is 2.30. The van der Waals surface area contributed by atoms with E-state index in [-0.39, 0.29) is 11.4 Å². The molecule has 2 rings (SSSR count). The minimum atomic E-state index is -4.75. The van der Waals surface area contributed by atoms with Crippen LogP contribution in [0.3, 0.4) is 0 Å². The predicted molar refractivity (Wildman–Crippen MR) is 77.2 cm³/mol. The first-order valence-electron chi connectivity index (χ1n) is 6.43. The molecule has 7 heteroatoms. The molecule has 0 aromatic heterocycles. The molecule has 2 aromatic carbocycles. The highest BCUT2D eigenvalue weighted by Crippen LogP contribution is 2.23. The van der Waals surface area contributed by atoms with Crippen LogP contribution in [0.5, 0.6) is 5.75 Å². The third-order valence-corrected chi connectivity index (χ3v) is 2.67. The summed E-state index contributed by atoms with van der Waals surface area (Å²) in [5.74, 6) is -1.49. The Morgan fingerprint density at radius 3 is 2.30 bits per heavy atom. The highest BCUT2D eigenvalue weighted by molar-refractivity contribution is 6.01. The summed E-state index contributed by atoms with van der Waals surface area (Å²) in [5.41, 5.74) is 0.527. The van der Waals surface area contributed by atoms with E-state index in [0.29, 0.717) is 5.56 Å². The lowest BCUT2D eigenvalue weighted by atomic mass is 10.2. The largest absolute Gasteiger partial charge is 0.573 e. The van der Waals surface area contributed by atoms with Gasteiger partial charge in [0, 0.05) is 6.08 Å². The summed E-state index contributed by atoms with van der Waals surface area (Å²) in [7, 11) is 0. The molecule has 0 heterocycles. The normalized spacial score (nSPS) is 11.5. The zero-order valence-electron chi connectivity index (χ0n) is 11.6. The molecule has 23 heavy (non-hydrogen) atoms. The van der Waals surface area contributed by atoms with Crippen LogP contribution in [0.4, 0.5) is 23.2 Å². The van der Waals surface area contributed by atoms with Gasteiger partial charge in [-0.15, -0.1) is 13.2 Å². The summed E-state index contributed by atoms with van der Waals surface area (Å²) < 4.78 is 53.1. The topological polar surface area (TPSA) is 38.3 Å². The lowest BCUT2D eigenvalue weighted by molar-refractivity contribution is -0.274. The molecule has 0 aliphatic heterocycles. The van der Waals surface area contributed by atoms with Crippen molar-refractivity contribution >= 4 is 17.7 Å². The minimum Gasteiger partial charge on any atom is -0.406 e. The first kappa shape index (κ1) is 16.5. The number of anilines is 1. The van der Waals surface area contributed by atoms with Crippen molar-refractivity contribution in [1.82, 2.24) is 0 Å². The number of amides is 1. The van der Waals surface area contributed by atoms with Crippen molar-refractivity contribution in [3.8, 4) is 5.75 Å². The van der Waals surface area contributed by atoms with Crippen LogP contribution in [0.25, 0.3) is 6.08 Å². The maximum Gasteiger partial charge on any atom is 0.573 e. The number of hydrogen-bond donors (Lipinski definition) is 1. The molecule has 0 aliphatic rings. The molecule has 0 bridgehead atoms. The molecule has 2 aromatic rings. The number of carbonyl (C=O) groups excluding carboxylic acids is 1. The monoisotopic (exact) mass is 325 g/mol. The van der Waals surface area contributed by atoms with Gasteiger partial charge >= 0.3 is 6.36 Å². The lowest BCUT2D eigenvalue weighted by Gasteiger charge is -2.08. The zero-order chi connectivity index (χ0) is 16.9. The maximum absolute atomic E-state index is 13.3. The van der Waals surface area contributed by atoms with Crippen molar-refractivity contribution in [2.45, 2.75) is 6.36 Å².